The highest BCUT2D eigenvalue weighted by Crippen LogP contribution is 2.21. The Hall–Kier alpha value is -0.830. The van der Waals surface area contributed by atoms with Crippen LogP contribution in [0.1, 0.15) is 66.9 Å². The van der Waals surface area contributed by atoms with Crippen molar-refractivity contribution in [3.05, 3.63) is 29.8 Å². The van der Waals surface area contributed by atoms with Crippen LogP contribution in [0.15, 0.2) is 29.2 Å². The van der Waals surface area contributed by atoms with Crippen molar-refractivity contribution in [1.82, 2.24) is 0 Å². The molecule has 0 unspecified atom stereocenters. The molecule has 0 aliphatic rings. The van der Waals surface area contributed by atoms with E-state index in [0.29, 0.717) is 10.8 Å². The molecule has 0 spiro atoms. The van der Waals surface area contributed by atoms with E-state index in [9.17, 15) is 8.42 Å². The molecule has 0 saturated heterocycles. The van der Waals surface area contributed by atoms with Crippen molar-refractivity contribution >= 4 is 9.84 Å². The van der Waals surface area contributed by atoms with E-state index in [1.807, 2.05) is 39.8 Å². The normalized spacial score (nSPS) is 10.4. The predicted octanol–water partition coefficient (Wildman–Crippen LogP) is 5.04. The molecule has 19 heavy (non-hydrogen) atoms. The quantitative estimate of drug-likeness (QED) is 0.779. The van der Waals surface area contributed by atoms with Crippen LogP contribution in [0.25, 0.3) is 0 Å². The number of benzene rings is 1. The van der Waals surface area contributed by atoms with Gasteiger partial charge in [0.25, 0.3) is 0 Å². The van der Waals surface area contributed by atoms with Gasteiger partial charge in [0, 0.05) is 0 Å². The highest BCUT2D eigenvalue weighted by atomic mass is 32.2. The molecule has 0 radical (unpaired) electrons. The number of rotatable bonds is 3. The smallest absolute Gasteiger partial charge is 0.180 e. The topological polar surface area (TPSA) is 34.1 Å². The number of sulfone groups is 1. The summed E-state index contributed by atoms with van der Waals surface area (Å²) in [6, 6.07) is 7.22. The Kier molecular flexibility index (Phi) is 10.8. The van der Waals surface area contributed by atoms with Gasteiger partial charge in [0.15, 0.2) is 9.84 Å². The predicted molar refractivity (Wildman–Crippen MR) is 85.5 cm³/mol. The molecule has 0 aromatic heterocycles. The minimum Gasteiger partial charge on any atom is -0.223 e. The summed E-state index contributed by atoms with van der Waals surface area (Å²) < 4.78 is 23.8. The minimum atomic E-state index is -3.13. The first-order chi connectivity index (χ1) is 8.85. The van der Waals surface area contributed by atoms with E-state index in [1.54, 1.807) is 26.0 Å². The molecule has 0 bridgehead atoms. The fraction of sp³-hybridized carbons (Fsp3) is 0.625. The lowest BCUT2D eigenvalue weighted by Gasteiger charge is -2.10. The maximum Gasteiger partial charge on any atom is 0.180 e. The van der Waals surface area contributed by atoms with Crippen LogP contribution < -0.4 is 0 Å². The maximum atomic E-state index is 11.9. The van der Waals surface area contributed by atoms with Gasteiger partial charge in [-0.2, -0.15) is 0 Å². The second kappa shape index (κ2) is 10.0. The van der Waals surface area contributed by atoms with E-state index < -0.39 is 9.84 Å². The van der Waals surface area contributed by atoms with Crippen LogP contribution >= 0.6 is 0 Å². The van der Waals surface area contributed by atoms with Crippen molar-refractivity contribution in [2.24, 2.45) is 0 Å². The molecule has 3 heteroatoms. The Bertz CT molecular complexity index is 432. The van der Waals surface area contributed by atoms with Crippen LogP contribution in [-0.4, -0.2) is 13.7 Å². The lowest BCUT2D eigenvalue weighted by atomic mass is 10.0. The monoisotopic (exact) mass is 286 g/mol. The van der Waals surface area contributed by atoms with Crippen molar-refractivity contribution in [2.75, 3.05) is 0 Å². The fourth-order valence-corrected chi connectivity index (χ4v) is 2.44. The molecule has 1 rings (SSSR count). The van der Waals surface area contributed by atoms with Gasteiger partial charge in [-0.3, -0.25) is 0 Å². The van der Waals surface area contributed by atoms with Crippen LogP contribution in [0.3, 0.4) is 0 Å². The third-order valence-corrected chi connectivity index (χ3v) is 4.63. The molecule has 112 valence electrons. The summed E-state index contributed by atoms with van der Waals surface area (Å²) in [7, 11) is -3.13. The summed E-state index contributed by atoms with van der Waals surface area (Å²) in [5.74, 6) is 0.354. The van der Waals surface area contributed by atoms with E-state index in [0.717, 1.165) is 5.56 Å². The standard InChI is InChI=1S/C12H18O2S.2C2H6/c1-9(2)11-6-5-7-12(8-11)15(13,14)10(3)4;2*1-2/h5-10H,1-4H3;2*1-2H3. The molecular formula is C16H30O2S. The molecule has 1 aromatic rings. The molecule has 1 aromatic carbocycles. The van der Waals surface area contributed by atoms with Crippen molar-refractivity contribution in [2.45, 2.75) is 71.5 Å². The summed E-state index contributed by atoms with van der Waals surface area (Å²) in [6.45, 7) is 15.5. The highest BCUT2D eigenvalue weighted by Gasteiger charge is 2.19. The third-order valence-electron chi connectivity index (χ3n) is 2.47. The van der Waals surface area contributed by atoms with Crippen molar-refractivity contribution < 1.29 is 8.42 Å². The Balaban J connectivity index is 0. The lowest BCUT2D eigenvalue weighted by molar-refractivity contribution is 0.587. The molecule has 0 heterocycles. The molecule has 0 saturated carbocycles. The van der Waals surface area contributed by atoms with Crippen LogP contribution in [0.5, 0.6) is 0 Å². The molecule has 0 amide bonds. The SMILES string of the molecule is CC.CC.CC(C)c1cccc(S(=O)(=O)C(C)C)c1. The van der Waals surface area contributed by atoms with Crippen LogP contribution in [0.2, 0.25) is 0 Å². The summed E-state index contributed by atoms with van der Waals surface area (Å²) in [5.41, 5.74) is 1.07. The second-order valence-corrected chi connectivity index (χ2v) is 6.83. The first-order valence-corrected chi connectivity index (χ1v) is 8.74. The average Bonchev–Trinajstić information content (AvgIpc) is 2.43. The largest absolute Gasteiger partial charge is 0.223 e. The van der Waals surface area contributed by atoms with Gasteiger partial charge in [-0.05, 0) is 37.5 Å². The third kappa shape index (κ3) is 6.24. The van der Waals surface area contributed by atoms with Crippen molar-refractivity contribution in [1.29, 1.82) is 0 Å². The van der Waals surface area contributed by atoms with Crippen molar-refractivity contribution in [3.8, 4) is 0 Å². The van der Waals surface area contributed by atoms with Gasteiger partial charge in [0.1, 0.15) is 0 Å². The van der Waals surface area contributed by atoms with Gasteiger partial charge >= 0.3 is 0 Å². The zero-order valence-corrected chi connectivity index (χ0v) is 14.5. The first kappa shape index (κ1) is 20.5. The summed E-state index contributed by atoms with van der Waals surface area (Å²) >= 11 is 0. The van der Waals surface area contributed by atoms with E-state index in [1.165, 1.54) is 0 Å². The van der Waals surface area contributed by atoms with Crippen LogP contribution in [-0.2, 0) is 9.84 Å². The molecule has 0 fully saturated rings. The molecule has 0 aliphatic heterocycles. The lowest BCUT2D eigenvalue weighted by Crippen LogP contribution is -2.14. The summed E-state index contributed by atoms with van der Waals surface area (Å²) in [6.07, 6.45) is 0. The molecule has 2 nitrogen and oxygen atoms in total. The zero-order chi connectivity index (χ0) is 15.6. The van der Waals surface area contributed by atoms with Crippen LogP contribution in [0, 0.1) is 0 Å². The first-order valence-electron chi connectivity index (χ1n) is 7.19. The average molecular weight is 286 g/mol. The van der Waals surface area contributed by atoms with E-state index in [-0.39, 0.29) is 5.25 Å². The van der Waals surface area contributed by atoms with Gasteiger partial charge in [0.05, 0.1) is 10.1 Å². The van der Waals surface area contributed by atoms with Crippen molar-refractivity contribution in [3.63, 3.8) is 0 Å². The Morgan fingerprint density at radius 2 is 1.37 bits per heavy atom. The van der Waals surface area contributed by atoms with E-state index in [4.69, 9.17) is 0 Å². The van der Waals surface area contributed by atoms with Crippen LogP contribution in [0.4, 0.5) is 0 Å². The fourth-order valence-electron chi connectivity index (χ4n) is 1.32. The molecule has 0 atom stereocenters. The Morgan fingerprint density at radius 3 is 1.74 bits per heavy atom. The summed E-state index contributed by atoms with van der Waals surface area (Å²) in [5, 5.41) is -0.361. The summed E-state index contributed by atoms with van der Waals surface area (Å²) in [4.78, 5) is 0.434. The van der Waals surface area contributed by atoms with Gasteiger partial charge in [-0.15, -0.1) is 0 Å². The Morgan fingerprint density at radius 1 is 0.895 bits per heavy atom. The molecular weight excluding hydrogens is 256 g/mol. The van der Waals surface area contributed by atoms with E-state index in [2.05, 4.69) is 13.8 Å². The number of hydrogen-bond acceptors (Lipinski definition) is 2. The molecule has 0 N–H and O–H groups in total. The van der Waals surface area contributed by atoms with E-state index >= 15 is 0 Å². The van der Waals surface area contributed by atoms with Gasteiger partial charge < -0.3 is 0 Å². The second-order valence-electron chi connectivity index (χ2n) is 4.32. The highest BCUT2D eigenvalue weighted by molar-refractivity contribution is 7.92. The minimum absolute atomic E-state index is 0.354. The van der Waals surface area contributed by atoms with Gasteiger partial charge in [-0.25, -0.2) is 8.42 Å². The Labute approximate surface area is 120 Å². The van der Waals surface area contributed by atoms with Gasteiger partial charge in [-0.1, -0.05) is 53.7 Å². The molecule has 0 aliphatic carbocycles. The maximum absolute atomic E-state index is 11.9. The zero-order valence-electron chi connectivity index (χ0n) is 13.7. The number of hydrogen-bond donors (Lipinski definition) is 0. The van der Waals surface area contributed by atoms with Gasteiger partial charge in [0.2, 0.25) is 0 Å².